The van der Waals surface area contributed by atoms with Gasteiger partial charge in [-0.2, -0.15) is 0 Å². The number of hydrogen-bond donors (Lipinski definition) is 1. The van der Waals surface area contributed by atoms with Gasteiger partial charge < -0.3 is 19.3 Å². The predicted octanol–water partition coefficient (Wildman–Crippen LogP) is 4.96. The van der Waals surface area contributed by atoms with Gasteiger partial charge in [-0.15, -0.1) is 0 Å². The maximum absolute atomic E-state index is 10.9. The molecule has 7 nitrogen and oxygen atoms in total. The second-order valence-electron chi connectivity index (χ2n) is 6.60. The molecule has 0 spiro atoms. The Morgan fingerprint density at radius 3 is 2.62 bits per heavy atom. The SMILES string of the molecule is [N-]=[N+]=NC1C(O)[C@@H](Sc2ccc(Cl)c(Cl)c2)OC2COC(c3ccccc3)O[C@@H]21. The van der Waals surface area contributed by atoms with Gasteiger partial charge in [0, 0.05) is 15.4 Å². The quantitative estimate of drug-likeness (QED) is 0.400. The smallest absolute Gasteiger partial charge is 0.184 e. The molecule has 2 aromatic carbocycles. The first-order valence-corrected chi connectivity index (χ1v) is 10.5. The molecule has 0 saturated carbocycles. The van der Waals surface area contributed by atoms with E-state index in [1.54, 1.807) is 18.2 Å². The van der Waals surface area contributed by atoms with Crippen LogP contribution in [0.25, 0.3) is 10.4 Å². The lowest BCUT2D eigenvalue weighted by Crippen LogP contribution is -2.60. The van der Waals surface area contributed by atoms with E-state index in [1.807, 2.05) is 30.3 Å². The summed E-state index contributed by atoms with van der Waals surface area (Å²) in [6, 6.07) is 13.8. The highest BCUT2D eigenvalue weighted by molar-refractivity contribution is 7.99. The molecular weight excluding hydrogens is 437 g/mol. The van der Waals surface area contributed by atoms with E-state index in [-0.39, 0.29) is 6.61 Å². The molecule has 6 atom stereocenters. The lowest BCUT2D eigenvalue weighted by Gasteiger charge is -2.46. The van der Waals surface area contributed by atoms with Gasteiger partial charge in [-0.1, -0.05) is 70.4 Å². The maximum Gasteiger partial charge on any atom is 0.184 e. The molecule has 0 aliphatic carbocycles. The van der Waals surface area contributed by atoms with Crippen molar-refractivity contribution in [3.05, 3.63) is 74.6 Å². The van der Waals surface area contributed by atoms with Gasteiger partial charge in [-0.05, 0) is 23.7 Å². The first-order chi connectivity index (χ1) is 14.1. The van der Waals surface area contributed by atoms with Crippen molar-refractivity contribution in [1.29, 1.82) is 0 Å². The van der Waals surface area contributed by atoms with E-state index in [4.69, 9.17) is 42.9 Å². The van der Waals surface area contributed by atoms with Crippen LogP contribution in [0.3, 0.4) is 0 Å². The van der Waals surface area contributed by atoms with Crippen LogP contribution < -0.4 is 0 Å². The topological polar surface area (TPSA) is 96.7 Å². The molecule has 0 amide bonds. The summed E-state index contributed by atoms with van der Waals surface area (Å²) in [4.78, 5) is 3.67. The second-order valence-corrected chi connectivity index (χ2v) is 8.59. The summed E-state index contributed by atoms with van der Waals surface area (Å²) in [5.74, 6) is 0. The minimum absolute atomic E-state index is 0.243. The van der Waals surface area contributed by atoms with Gasteiger partial charge in [0.2, 0.25) is 0 Å². The van der Waals surface area contributed by atoms with E-state index >= 15 is 0 Å². The fraction of sp³-hybridized carbons (Fsp3) is 0.368. The molecule has 4 rings (SSSR count). The molecule has 0 radical (unpaired) electrons. The lowest BCUT2D eigenvalue weighted by atomic mass is 9.97. The van der Waals surface area contributed by atoms with Crippen molar-refractivity contribution < 1.29 is 19.3 Å². The average molecular weight is 454 g/mol. The van der Waals surface area contributed by atoms with Crippen LogP contribution in [-0.4, -0.2) is 41.5 Å². The number of aliphatic hydroxyl groups excluding tert-OH is 1. The molecule has 10 heteroatoms. The van der Waals surface area contributed by atoms with Gasteiger partial charge in [0.15, 0.2) is 6.29 Å². The molecule has 0 aromatic heterocycles. The Balaban J connectivity index is 1.54. The third kappa shape index (κ3) is 4.50. The van der Waals surface area contributed by atoms with Crippen molar-refractivity contribution in [3.8, 4) is 0 Å². The molecule has 2 saturated heterocycles. The van der Waals surface area contributed by atoms with Crippen molar-refractivity contribution in [3.63, 3.8) is 0 Å². The molecule has 2 aliphatic heterocycles. The lowest BCUT2D eigenvalue weighted by molar-refractivity contribution is -0.297. The standard InChI is InChI=1S/C19H17Cl2N3O4S/c20-12-7-6-11(8-13(12)21)29-19-16(25)15(23-24-22)17-14(27-19)9-26-18(28-17)10-4-2-1-3-5-10/h1-8,14-19,25H,9H2/t14?,15?,16?,17-,18?,19+/m0/s1. The Hall–Kier alpha value is -1.48. The molecule has 2 heterocycles. The fourth-order valence-electron chi connectivity index (χ4n) is 3.33. The van der Waals surface area contributed by atoms with E-state index in [0.29, 0.717) is 10.0 Å². The van der Waals surface area contributed by atoms with Crippen LogP contribution in [0.1, 0.15) is 11.9 Å². The number of fused-ring (bicyclic) bond motifs is 1. The number of rotatable bonds is 4. The van der Waals surface area contributed by atoms with E-state index in [9.17, 15) is 5.11 Å². The summed E-state index contributed by atoms with van der Waals surface area (Å²) in [6.45, 7) is 0.243. The van der Waals surface area contributed by atoms with Crippen molar-refractivity contribution in [1.82, 2.24) is 0 Å². The highest BCUT2D eigenvalue weighted by Gasteiger charge is 2.49. The molecule has 29 heavy (non-hydrogen) atoms. The van der Waals surface area contributed by atoms with Crippen molar-refractivity contribution >= 4 is 35.0 Å². The number of thioether (sulfide) groups is 1. The highest BCUT2D eigenvalue weighted by Crippen LogP contribution is 2.40. The van der Waals surface area contributed by atoms with Crippen LogP contribution >= 0.6 is 35.0 Å². The predicted molar refractivity (Wildman–Crippen MR) is 110 cm³/mol. The monoisotopic (exact) mass is 453 g/mol. The van der Waals surface area contributed by atoms with E-state index in [2.05, 4.69) is 10.0 Å². The van der Waals surface area contributed by atoms with Crippen LogP contribution in [0, 0.1) is 0 Å². The van der Waals surface area contributed by atoms with Gasteiger partial charge >= 0.3 is 0 Å². The summed E-state index contributed by atoms with van der Waals surface area (Å²) in [5, 5.41) is 15.5. The summed E-state index contributed by atoms with van der Waals surface area (Å²) < 4.78 is 17.9. The van der Waals surface area contributed by atoms with E-state index in [0.717, 1.165) is 10.5 Å². The fourth-order valence-corrected chi connectivity index (χ4v) is 4.79. The summed E-state index contributed by atoms with van der Waals surface area (Å²) in [5.41, 5.74) is 9.18. The zero-order valence-electron chi connectivity index (χ0n) is 15.0. The van der Waals surface area contributed by atoms with E-state index < -0.39 is 36.1 Å². The molecular formula is C19H17Cl2N3O4S. The summed E-state index contributed by atoms with van der Waals surface area (Å²) in [7, 11) is 0. The van der Waals surface area contributed by atoms with Gasteiger partial charge in [0.25, 0.3) is 0 Å². The molecule has 0 bridgehead atoms. The Morgan fingerprint density at radius 2 is 1.90 bits per heavy atom. The number of benzene rings is 2. The van der Waals surface area contributed by atoms with Crippen molar-refractivity contribution in [2.45, 2.75) is 41.0 Å². The zero-order chi connectivity index (χ0) is 20.4. The van der Waals surface area contributed by atoms with Crippen molar-refractivity contribution in [2.24, 2.45) is 5.11 Å². The summed E-state index contributed by atoms with van der Waals surface area (Å²) >= 11 is 13.3. The van der Waals surface area contributed by atoms with Crippen molar-refractivity contribution in [2.75, 3.05) is 6.61 Å². The maximum atomic E-state index is 10.9. The van der Waals surface area contributed by atoms with E-state index in [1.165, 1.54) is 11.8 Å². The minimum Gasteiger partial charge on any atom is -0.389 e. The number of halogens is 2. The molecule has 2 fully saturated rings. The highest BCUT2D eigenvalue weighted by atomic mass is 35.5. The first-order valence-electron chi connectivity index (χ1n) is 8.88. The summed E-state index contributed by atoms with van der Waals surface area (Å²) in [6.07, 6.45) is -2.83. The number of ether oxygens (including phenoxy) is 3. The number of azide groups is 1. The first kappa shape index (κ1) is 20.8. The Kier molecular flexibility index (Phi) is 6.53. The Bertz CT molecular complexity index is 916. The van der Waals surface area contributed by atoms with Crippen LogP contribution in [0.4, 0.5) is 0 Å². The Morgan fingerprint density at radius 1 is 1.10 bits per heavy atom. The number of nitrogens with zero attached hydrogens (tertiary/aromatic N) is 3. The number of hydrogen-bond acceptors (Lipinski definition) is 6. The Labute approximate surface area is 181 Å². The zero-order valence-corrected chi connectivity index (χ0v) is 17.3. The molecule has 1 N–H and O–H groups in total. The third-order valence-corrected chi connectivity index (χ3v) is 6.62. The molecule has 2 aliphatic rings. The molecule has 4 unspecified atom stereocenters. The van der Waals surface area contributed by atoms with Gasteiger partial charge in [0.05, 0.1) is 22.7 Å². The van der Waals surface area contributed by atoms with Crippen LogP contribution in [0.5, 0.6) is 0 Å². The largest absolute Gasteiger partial charge is 0.389 e. The second kappa shape index (κ2) is 9.12. The van der Waals surface area contributed by atoms with Gasteiger partial charge in [-0.25, -0.2) is 0 Å². The minimum atomic E-state index is -1.08. The third-order valence-electron chi connectivity index (χ3n) is 4.73. The van der Waals surface area contributed by atoms with Gasteiger partial charge in [-0.3, -0.25) is 0 Å². The van der Waals surface area contributed by atoms with Crippen LogP contribution in [0.2, 0.25) is 10.0 Å². The molecule has 152 valence electrons. The molecule has 2 aromatic rings. The van der Waals surface area contributed by atoms with Gasteiger partial charge in [0.1, 0.15) is 23.7 Å². The average Bonchev–Trinajstić information content (AvgIpc) is 2.74. The normalized spacial score (nSPS) is 31.6. The number of aliphatic hydroxyl groups is 1. The van der Waals surface area contributed by atoms with Crippen LogP contribution in [0.15, 0.2) is 58.5 Å². The van der Waals surface area contributed by atoms with Crippen LogP contribution in [-0.2, 0) is 14.2 Å².